The molecule has 5 rings (SSSR count). The summed E-state index contributed by atoms with van der Waals surface area (Å²) in [5.74, 6) is 0.411. The molecule has 0 amide bonds. The second-order valence-electron chi connectivity index (χ2n) is 8.79. The van der Waals surface area contributed by atoms with E-state index >= 15 is 0 Å². The van der Waals surface area contributed by atoms with E-state index < -0.39 is 6.10 Å². The first-order valence-electron chi connectivity index (χ1n) is 9.15. The van der Waals surface area contributed by atoms with Crippen LogP contribution in [0.15, 0.2) is 23.3 Å². The summed E-state index contributed by atoms with van der Waals surface area (Å²) in [4.78, 5) is 0. The highest BCUT2D eigenvalue weighted by Gasteiger charge is 2.67. The van der Waals surface area contributed by atoms with Crippen LogP contribution in [0, 0.1) is 11.3 Å². The zero-order valence-electron chi connectivity index (χ0n) is 13.8. The first kappa shape index (κ1) is 14.6. The van der Waals surface area contributed by atoms with Crippen LogP contribution in [-0.4, -0.2) is 39.7 Å². The second-order valence-corrected chi connectivity index (χ2v) is 8.79. The van der Waals surface area contributed by atoms with Crippen molar-refractivity contribution in [2.45, 2.75) is 81.3 Å². The lowest BCUT2D eigenvalue weighted by Gasteiger charge is -2.55. The van der Waals surface area contributed by atoms with Crippen molar-refractivity contribution in [3.63, 3.8) is 0 Å². The second kappa shape index (κ2) is 4.29. The van der Waals surface area contributed by atoms with Crippen molar-refractivity contribution < 1.29 is 14.9 Å². The van der Waals surface area contributed by atoms with Crippen LogP contribution in [-0.2, 0) is 4.74 Å². The predicted molar refractivity (Wildman–Crippen MR) is 86.6 cm³/mol. The molecule has 4 heteroatoms. The summed E-state index contributed by atoms with van der Waals surface area (Å²) in [6.07, 6.45) is 10.2. The van der Waals surface area contributed by atoms with E-state index in [9.17, 15) is 10.2 Å². The van der Waals surface area contributed by atoms with Gasteiger partial charge >= 0.3 is 0 Å². The van der Waals surface area contributed by atoms with Crippen LogP contribution < -0.4 is 5.73 Å². The molecule has 3 fully saturated rings. The largest absolute Gasteiger partial charge is 0.393 e. The molecule has 2 saturated carbocycles. The molecule has 1 saturated heterocycles. The molecule has 126 valence electrons. The molecule has 3 aliphatic carbocycles. The minimum Gasteiger partial charge on any atom is -0.393 e. The molecular formula is C19H27NO3. The Labute approximate surface area is 137 Å². The number of hydrogen-bond acceptors (Lipinski definition) is 4. The molecular weight excluding hydrogens is 290 g/mol. The summed E-state index contributed by atoms with van der Waals surface area (Å²) in [5.41, 5.74) is 8.20. The molecule has 0 aromatic rings. The molecule has 2 bridgehead atoms. The number of nitrogens with two attached hydrogens (primary N) is 1. The molecule has 2 spiro atoms. The van der Waals surface area contributed by atoms with E-state index in [2.05, 4.69) is 13.0 Å². The van der Waals surface area contributed by atoms with Crippen molar-refractivity contribution in [3.05, 3.63) is 23.3 Å². The first-order valence-corrected chi connectivity index (χ1v) is 9.15. The molecule has 23 heavy (non-hydrogen) atoms. The van der Waals surface area contributed by atoms with Crippen molar-refractivity contribution in [1.82, 2.24) is 0 Å². The number of ether oxygens (including phenoxy) is 1. The van der Waals surface area contributed by atoms with E-state index in [1.54, 1.807) is 0 Å². The van der Waals surface area contributed by atoms with Gasteiger partial charge in [0, 0.05) is 6.04 Å². The average molecular weight is 317 g/mol. The minimum atomic E-state index is -0.564. The fourth-order valence-corrected chi connectivity index (χ4v) is 6.46. The molecule has 0 unspecified atom stereocenters. The Morgan fingerprint density at radius 3 is 2.87 bits per heavy atom. The number of fused-ring (bicyclic) bond motifs is 1. The van der Waals surface area contributed by atoms with Gasteiger partial charge < -0.3 is 20.7 Å². The highest BCUT2D eigenvalue weighted by Crippen LogP contribution is 2.67. The SMILES string of the molecule is C[C@]12CCC3=CC4=C[C@H](O)[C@@H](N)C[C@]45CC[C@]3(O5)[C@@H]1CC[C@@H]2O. The van der Waals surface area contributed by atoms with Crippen LogP contribution in [0.25, 0.3) is 0 Å². The fraction of sp³-hybridized carbons (Fsp3) is 0.789. The lowest BCUT2D eigenvalue weighted by molar-refractivity contribution is -0.153. The van der Waals surface area contributed by atoms with Crippen LogP contribution in [0.5, 0.6) is 0 Å². The Kier molecular flexibility index (Phi) is 2.73. The smallest absolute Gasteiger partial charge is 0.0958 e. The number of hydrogen-bond donors (Lipinski definition) is 3. The Morgan fingerprint density at radius 2 is 2.04 bits per heavy atom. The van der Waals surface area contributed by atoms with E-state index in [1.165, 1.54) is 5.57 Å². The summed E-state index contributed by atoms with van der Waals surface area (Å²) in [6.45, 7) is 2.26. The Balaban J connectivity index is 1.64. The van der Waals surface area contributed by atoms with Crippen molar-refractivity contribution in [2.24, 2.45) is 17.1 Å². The van der Waals surface area contributed by atoms with Crippen LogP contribution in [0.2, 0.25) is 0 Å². The third-order valence-corrected chi connectivity index (χ3v) is 7.81. The molecule has 0 aromatic carbocycles. The Hall–Kier alpha value is -0.680. The summed E-state index contributed by atoms with van der Waals surface area (Å²) in [6, 6.07) is -0.243. The van der Waals surface area contributed by atoms with E-state index in [0.29, 0.717) is 12.3 Å². The lowest BCUT2D eigenvalue weighted by Crippen LogP contribution is -2.57. The number of rotatable bonds is 0. The quantitative estimate of drug-likeness (QED) is 0.637. The zero-order valence-corrected chi connectivity index (χ0v) is 13.8. The Morgan fingerprint density at radius 1 is 1.22 bits per heavy atom. The van der Waals surface area contributed by atoms with Gasteiger partial charge in [0.25, 0.3) is 0 Å². The predicted octanol–water partition coefficient (Wildman–Crippen LogP) is 1.80. The van der Waals surface area contributed by atoms with Crippen molar-refractivity contribution in [1.29, 1.82) is 0 Å². The molecule has 0 aromatic heterocycles. The molecule has 4 N–H and O–H groups in total. The Bertz CT molecular complexity index is 628. The van der Waals surface area contributed by atoms with E-state index in [0.717, 1.165) is 44.1 Å². The third kappa shape index (κ3) is 1.61. The number of aliphatic hydroxyl groups is 2. The maximum atomic E-state index is 10.6. The summed E-state index contributed by atoms with van der Waals surface area (Å²) >= 11 is 0. The normalized spacial score (nSPS) is 57.2. The van der Waals surface area contributed by atoms with E-state index in [-0.39, 0.29) is 28.8 Å². The minimum absolute atomic E-state index is 0.0135. The first-order chi connectivity index (χ1) is 10.9. The van der Waals surface area contributed by atoms with Gasteiger partial charge in [0.1, 0.15) is 0 Å². The molecule has 2 heterocycles. The monoisotopic (exact) mass is 317 g/mol. The van der Waals surface area contributed by atoms with Gasteiger partial charge in [-0.2, -0.15) is 0 Å². The van der Waals surface area contributed by atoms with Gasteiger partial charge in [-0.3, -0.25) is 0 Å². The summed E-state index contributed by atoms with van der Waals surface area (Å²) < 4.78 is 6.89. The van der Waals surface area contributed by atoms with Crippen LogP contribution in [0.4, 0.5) is 0 Å². The van der Waals surface area contributed by atoms with Crippen molar-refractivity contribution >= 4 is 0 Å². The van der Waals surface area contributed by atoms with Gasteiger partial charge in [0.05, 0.1) is 23.4 Å². The van der Waals surface area contributed by atoms with Crippen LogP contribution >= 0.6 is 0 Å². The van der Waals surface area contributed by atoms with Crippen molar-refractivity contribution in [2.75, 3.05) is 0 Å². The molecule has 2 aliphatic heterocycles. The van der Waals surface area contributed by atoms with E-state index in [4.69, 9.17) is 10.5 Å². The molecule has 0 radical (unpaired) electrons. The highest BCUT2D eigenvalue weighted by atomic mass is 16.5. The molecule has 7 atom stereocenters. The van der Waals surface area contributed by atoms with Crippen LogP contribution in [0.1, 0.15) is 51.9 Å². The third-order valence-electron chi connectivity index (χ3n) is 7.81. The van der Waals surface area contributed by atoms with Gasteiger partial charge in [-0.15, -0.1) is 0 Å². The van der Waals surface area contributed by atoms with E-state index in [1.807, 2.05) is 6.08 Å². The van der Waals surface area contributed by atoms with Crippen molar-refractivity contribution in [3.8, 4) is 0 Å². The van der Waals surface area contributed by atoms with Crippen LogP contribution in [0.3, 0.4) is 0 Å². The molecule has 4 nitrogen and oxygen atoms in total. The van der Waals surface area contributed by atoms with Gasteiger partial charge in [-0.1, -0.05) is 13.0 Å². The summed E-state index contributed by atoms with van der Waals surface area (Å²) in [5, 5.41) is 20.7. The molecule has 5 aliphatic rings. The average Bonchev–Trinajstić information content (AvgIpc) is 2.98. The lowest BCUT2D eigenvalue weighted by atomic mass is 9.58. The highest BCUT2D eigenvalue weighted by molar-refractivity contribution is 5.47. The van der Waals surface area contributed by atoms with Gasteiger partial charge in [-0.25, -0.2) is 0 Å². The topological polar surface area (TPSA) is 75.7 Å². The zero-order chi connectivity index (χ0) is 16.0. The fourth-order valence-electron chi connectivity index (χ4n) is 6.46. The number of aliphatic hydroxyl groups excluding tert-OH is 2. The van der Waals surface area contributed by atoms with Gasteiger partial charge in [0.2, 0.25) is 0 Å². The maximum Gasteiger partial charge on any atom is 0.0958 e. The maximum absolute atomic E-state index is 10.6. The van der Waals surface area contributed by atoms with Gasteiger partial charge in [0.15, 0.2) is 0 Å². The standard InChI is InChI=1S/C19H27NO3/c1-17-5-4-11-8-12-9-14(21)13(20)10-18(12)6-7-19(11,23-18)15(17)2-3-16(17)22/h8-9,13-16,21-22H,2-7,10,20H2,1H3/t13-,14-,15+,16-,17-,18+,19+/m0/s1. The van der Waals surface area contributed by atoms with Gasteiger partial charge in [-0.05, 0) is 73.5 Å². The summed E-state index contributed by atoms with van der Waals surface area (Å²) in [7, 11) is 0.